The molecule has 2 amide bonds. The number of amides is 2. The van der Waals surface area contributed by atoms with Crippen LogP contribution in [0.15, 0.2) is 36.4 Å². The first kappa shape index (κ1) is 26.3. The number of nitrogens with zero attached hydrogens (tertiary/aromatic N) is 2. The van der Waals surface area contributed by atoms with Gasteiger partial charge in [0.15, 0.2) is 11.5 Å². The lowest BCUT2D eigenvalue weighted by Crippen LogP contribution is -2.47. The van der Waals surface area contributed by atoms with E-state index in [4.69, 9.17) is 14.2 Å². The molecule has 5 rings (SSSR count). The van der Waals surface area contributed by atoms with Gasteiger partial charge in [-0.1, -0.05) is 13.0 Å². The second kappa shape index (κ2) is 11.2. The summed E-state index contributed by atoms with van der Waals surface area (Å²) in [5.41, 5.74) is 2.51. The van der Waals surface area contributed by atoms with Gasteiger partial charge in [0, 0.05) is 42.7 Å². The molecule has 2 aromatic carbocycles. The predicted octanol–water partition coefficient (Wildman–Crippen LogP) is 3.04. The van der Waals surface area contributed by atoms with E-state index < -0.39 is 0 Å². The molecule has 2 aliphatic heterocycles. The monoisotopic (exact) mass is 523 g/mol. The average molecular weight is 524 g/mol. The number of carbonyl (C=O) groups is 2. The summed E-state index contributed by atoms with van der Waals surface area (Å²) >= 11 is 0. The number of carbonyl (C=O) groups excluding carboxylic acids is 2. The van der Waals surface area contributed by atoms with Crippen molar-refractivity contribution in [1.82, 2.24) is 9.80 Å². The van der Waals surface area contributed by atoms with Crippen LogP contribution in [-0.2, 0) is 22.6 Å². The van der Waals surface area contributed by atoms with E-state index >= 15 is 0 Å². The molecule has 9 heteroatoms. The van der Waals surface area contributed by atoms with Crippen molar-refractivity contribution < 1.29 is 28.9 Å². The van der Waals surface area contributed by atoms with Crippen molar-refractivity contribution in [2.75, 3.05) is 38.9 Å². The molecule has 0 spiro atoms. The van der Waals surface area contributed by atoms with Gasteiger partial charge >= 0.3 is 0 Å². The molecule has 204 valence electrons. The number of ether oxygens (including phenoxy) is 3. The van der Waals surface area contributed by atoms with Gasteiger partial charge in [0.1, 0.15) is 11.9 Å². The Morgan fingerprint density at radius 3 is 2.68 bits per heavy atom. The number of fused-ring (bicyclic) bond motifs is 2. The minimum absolute atomic E-state index is 0.00681. The first-order chi connectivity index (χ1) is 18.3. The maximum Gasteiger partial charge on any atom is 0.231 e. The van der Waals surface area contributed by atoms with Crippen molar-refractivity contribution in [3.05, 3.63) is 47.5 Å². The van der Waals surface area contributed by atoms with Crippen molar-refractivity contribution in [2.24, 2.45) is 11.8 Å². The topological polar surface area (TPSA) is 101 Å². The summed E-state index contributed by atoms with van der Waals surface area (Å²) in [6.45, 7) is 5.87. The van der Waals surface area contributed by atoms with Crippen molar-refractivity contribution >= 4 is 17.5 Å². The number of nitrogens with one attached hydrogen (secondary N) is 1. The molecule has 0 unspecified atom stereocenters. The van der Waals surface area contributed by atoms with Crippen LogP contribution in [0.4, 0.5) is 5.69 Å². The van der Waals surface area contributed by atoms with Crippen LogP contribution >= 0.6 is 0 Å². The Morgan fingerprint density at radius 1 is 1.16 bits per heavy atom. The van der Waals surface area contributed by atoms with E-state index in [0.717, 1.165) is 35.5 Å². The Bertz CT molecular complexity index is 1180. The van der Waals surface area contributed by atoms with Gasteiger partial charge in [-0.2, -0.15) is 0 Å². The number of hydrogen-bond acceptors (Lipinski definition) is 7. The maximum atomic E-state index is 13.4. The molecule has 0 saturated heterocycles. The van der Waals surface area contributed by atoms with Crippen molar-refractivity contribution in [2.45, 2.75) is 51.8 Å². The van der Waals surface area contributed by atoms with Gasteiger partial charge in [-0.3, -0.25) is 14.5 Å². The molecule has 3 aliphatic rings. The van der Waals surface area contributed by atoms with Gasteiger partial charge in [0.05, 0.1) is 19.1 Å². The minimum atomic E-state index is -0.309. The van der Waals surface area contributed by atoms with Crippen LogP contribution < -0.4 is 19.5 Å². The van der Waals surface area contributed by atoms with Gasteiger partial charge < -0.3 is 29.5 Å². The molecular weight excluding hydrogens is 486 g/mol. The molecule has 0 aromatic heterocycles. The van der Waals surface area contributed by atoms with Crippen LogP contribution in [0.1, 0.15) is 37.8 Å². The molecule has 38 heavy (non-hydrogen) atoms. The molecule has 2 aromatic rings. The van der Waals surface area contributed by atoms with Crippen molar-refractivity contribution in [1.29, 1.82) is 0 Å². The normalized spacial score (nSPS) is 21.7. The van der Waals surface area contributed by atoms with Gasteiger partial charge in [-0.05, 0) is 62.7 Å². The molecule has 9 nitrogen and oxygen atoms in total. The Kier molecular flexibility index (Phi) is 7.76. The van der Waals surface area contributed by atoms with E-state index in [9.17, 15) is 14.7 Å². The van der Waals surface area contributed by atoms with Crippen LogP contribution in [0.5, 0.6) is 17.2 Å². The van der Waals surface area contributed by atoms with Crippen molar-refractivity contribution in [3.63, 3.8) is 0 Å². The Labute approximate surface area is 223 Å². The summed E-state index contributed by atoms with van der Waals surface area (Å²) in [4.78, 5) is 29.7. The Morgan fingerprint density at radius 2 is 1.92 bits per heavy atom. The summed E-state index contributed by atoms with van der Waals surface area (Å²) in [5.74, 6) is 2.22. The van der Waals surface area contributed by atoms with E-state index in [2.05, 4.69) is 17.1 Å². The SMILES string of the molecule is C[C@H]1CN([C@@H](C)CO)C(=O)Cc2cc(NC(=O)C3CC3)ccc2O[C@H]1CN(C)Cc1ccc2c(c1)OCO2. The number of aliphatic hydroxyl groups excluding tert-OH is 1. The maximum absolute atomic E-state index is 13.4. The highest BCUT2D eigenvalue weighted by molar-refractivity contribution is 5.94. The quantitative estimate of drug-likeness (QED) is 0.549. The van der Waals surface area contributed by atoms with Crippen molar-refractivity contribution in [3.8, 4) is 17.2 Å². The zero-order chi connectivity index (χ0) is 26.8. The lowest BCUT2D eigenvalue weighted by molar-refractivity contribution is -0.134. The van der Waals surface area contributed by atoms with E-state index in [1.165, 1.54) is 0 Å². The predicted molar refractivity (Wildman–Crippen MR) is 142 cm³/mol. The molecular formula is C29H37N3O6. The Balaban J connectivity index is 1.37. The van der Waals surface area contributed by atoms with E-state index in [1.807, 2.05) is 50.4 Å². The molecule has 3 atom stereocenters. The van der Waals surface area contributed by atoms with Crippen LogP contribution in [0, 0.1) is 11.8 Å². The summed E-state index contributed by atoms with van der Waals surface area (Å²) in [6, 6.07) is 11.2. The molecule has 0 radical (unpaired) electrons. The Hall–Kier alpha value is -3.30. The fourth-order valence-corrected chi connectivity index (χ4v) is 5.04. The van der Waals surface area contributed by atoms with Gasteiger partial charge in [-0.25, -0.2) is 0 Å². The third-order valence-electron chi connectivity index (χ3n) is 7.51. The smallest absolute Gasteiger partial charge is 0.231 e. The second-order valence-electron chi connectivity index (χ2n) is 10.9. The van der Waals surface area contributed by atoms with Gasteiger partial charge in [0.25, 0.3) is 0 Å². The zero-order valence-electron chi connectivity index (χ0n) is 22.3. The molecule has 1 saturated carbocycles. The zero-order valence-corrected chi connectivity index (χ0v) is 22.3. The van der Waals surface area contributed by atoms with Gasteiger partial charge in [0.2, 0.25) is 18.6 Å². The highest BCUT2D eigenvalue weighted by Crippen LogP contribution is 2.34. The van der Waals surface area contributed by atoms with Crippen LogP contribution in [-0.4, -0.2) is 72.4 Å². The largest absolute Gasteiger partial charge is 0.488 e. The summed E-state index contributed by atoms with van der Waals surface area (Å²) < 4.78 is 17.6. The highest BCUT2D eigenvalue weighted by Gasteiger charge is 2.32. The lowest BCUT2D eigenvalue weighted by atomic mass is 10.0. The molecule has 1 aliphatic carbocycles. The van der Waals surface area contributed by atoms with E-state index in [1.54, 1.807) is 4.90 Å². The summed E-state index contributed by atoms with van der Waals surface area (Å²) in [6.07, 6.45) is 1.77. The molecule has 2 N–H and O–H groups in total. The molecule has 1 fully saturated rings. The fraction of sp³-hybridized carbons (Fsp3) is 0.517. The lowest BCUT2D eigenvalue weighted by Gasteiger charge is -2.34. The standard InChI is InChI=1S/C29H37N3O6/c1-18-13-32(19(2)16-33)28(34)12-22-11-23(30-29(35)21-5-6-21)7-9-24(22)38-27(18)15-31(3)14-20-4-8-25-26(10-20)37-17-36-25/h4,7-11,18-19,21,27,33H,5-6,12-17H2,1-3H3,(H,30,35)/t18-,19-,27-/m0/s1. The number of benzene rings is 2. The number of hydrogen-bond donors (Lipinski definition) is 2. The molecule has 2 heterocycles. The first-order valence-corrected chi connectivity index (χ1v) is 13.4. The summed E-state index contributed by atoms with van der Waals surface area (Å²) in [7, 11) is 2.05. The minimum Gasteiger partial charge on any atom is -0.488 e. The third kappa shape index (κ3) is 6.05. The van der Waals surface area contributed by atoms with Gasteiger partial charge in [-0.15, -0.1) is 0 Å². The molecule has 0 bridgehead atoms. The number of likely N-dealkylation sites (N-methyl/N-ethyl adjacent to an activating group) is 1. The average Bonchev–Trinajstić information content (AvgIpc) is 3.64. The third-order valence-corrected chi connectivity index (χ3v) is 7.51. The van der Waals surface area contributed by atoms with Crippen LogP contribution in [0.2, 0.25) is 0 Å². The second-order valence-corrected chi connectivity index (χ2v) is 10.9. The number of anilines is 1. The van der Waals surface area contributed by atoms with E-state index in [0.29, 0.717) is 31.1 Å². The summed E-state index contributed by atoms with van der Waals surface area (Å²) in [5, 5.41) is 12.8. The number of rotatable bonds is 8. The highest BCUT2D eigenvalue weighted by atomic mass is 16.7. The fourth-order valence-electron chi connectivity index (χ4n) is 5.04. The van der Waals surface area contributed by atoms with Crippen LogP contribution in [0.25, 0.3) is 0 Å². The van der Waals surface area contributed by atoms with Crippen LogP contribution in [0.3, 0.4) is 0 Å². The van der Waals surface area contributed by atoms with E-state index in [-0.39, 0.29) is 55.6 Å². The first-order valence-electron chi connectivity index (χ1n) is 13.4. The number of aliphatic hydroxyl groups is 1.